The summed E-state index contributed by atoms with van der Waals surface area (Å²) >= 11 is 0. The average Bonchev–Trinajstić information content (AvgIpc) is 2.77. The molecule has 2 aromatic rings. The van der Waals surface area contributed by atoms with Crippen molar-refractivity contribution in [2.45, 2.75) is 13.5 Å². The number of nitrogens with zero attached hydrogens (tertiary/aromatic N) is 1. The zero-order chi connectivity index (χ0) is 11.5. The number of methoxy groups -OCH3 is 1. The molecule has 0 unspecified atom stereocenters. The van der Waals surface area contributed by atoms with E-state index < -0.39 is 0 Å². The summed E-state index contributed by atoms with van der Waals surface area (Å²) in [4.78, 5) is 7.31. The Morgan fingerprint density at radius 1 is 1.44 bits per heavy atom. The topological polar surface area (TPSA) is 63.9 Å². The molecule has 0 amide bonds. The maximum absolute atomic E-state index is 5.63. The van der Waals surface area contributed by atoms with Gasteiger partial charge < -0.3 is 15.5 Å². The molecule has 3 N–H and O–H groups in total. The van der Waals surface area contributed by atoms with E-state index in [0.717, 1.165) is 28.3 Å². The number of hydrogen-bond acceptors (Lipinski definition) is 3. The number of imidazole rings is 1. The fourth-order valence-corrected chi connectivity index (χ4v) is 1.75. The number of hydrogen-bond donors (Lipinski definition) is 2. The van der Waals surface area contributed by atoms with Crippen LogP contribution >= 0.6 is 0 Å². The third-order valence-electron chi connectivity index (χ3n) is 2.59. The van der Waals surface area contributed by atoms with Gasteiger partial charge in [-0.15, -0.1) is 0 Å². The normalized spacial score (nSPS) is 10.4. The molecule has 84 valence electrons. The third kappa shape index (κ3) is 1.79. The molecule has 0 spiro atoms. The van der Waals surface area contributed by atoms with Crippen LogP contribution in [0.2, 0.25) is 0 Å². The summed E-state index contributed by atoms with van der Waals surface area (Å²) in [6.45, 7) is 2.47. The van der Waals surface area contributed by atoms with E-state index in [2.05, 4.69) is 9.97 Å². The number of aryl methyl sites for hydroxylation is 1. The van der Waals surface area contributed by atoms with Crippen LogP contribution in [0.5, 0.6) is 5.75 Å². The van der Waals surface area contributed by atoms with Crippen LogP contribution in [-0.4, -0.2) is 17.1 Å². The van der Waals surface area contributed by atoms with E-state index in [-0.39, 0.29) is 0 Å². The van der Waals surface area contributed by atoms with Gasteiger partial charge >= 0.3 is 0 Å². The smallest absolute Gasteiger partial charge is 0.121 e. The second-order valence-electron chi connectivity index (χ2n) is 3.62. The second kappa shape index (κ2) is 4.37. The number of ether oxygens (including phenoxy) is 1. The Balaban J connectivity index is 2.45. The average molecular weight is 217 g/mol. The molecule has 0 fully saturated rings. The van der Waals surface area contributed by atoms with Crippen molar-refractivity contribution >= 4 is 0 Å². The van der Waals surface area contributed by atoms with Gasteiger partial charge in [0.15, 0.2) is 0 Å². The lowest BCUT2D eigenvalue weighted by Gasteiger charge is -2.06. The first-order valence-corrected chi connectivity index (χ1v) is 5.13. The Kier molecular flexibility index (Phi) is 2.92. The van der Waals surface area contributed by atoms with Crippen LogP contribution in [0.4, 0.5) is 0 Å². The Hall–Kier alpha value is -1.81. The third-order valence-corrected chi connectivity index (χ3v) is 2.59. The fraction of sp³-hybridized carbons (Fsp3) is 0.250. The molecule has 1 aromatic carbocycles. The molecule has 0 aliphatic carbocycles. The molecule has 0 aliphatic heterocycles. The number of nitrogens with two attached hydrogens (primary N) is 1. The van der Waals surface area contributed by atoms with Crippen molar-refractivity contribution in [2.75, 3.05) is 7.11 Å². The lowest BCUT2D eigenvalue weighted by atomic mass is 10.1. The molecule has 0 aliphatic rings. The zero-order valence-electron chi connectivity index (χ0n) is 9.45. The summed E-state index contributed by atoms with van der Waals surface area (Å²) in [7, 11) is 1.67. The highest BCUT2D eigenvalue weighted by Crippen LogP contribution is 2.26. The van der Waals surface area contributed by atoms with Crippen LogP contribution in [0.3, 0.4) is 0 Å². The van der Waals surface area contributed by atoms with E-state index in [0.29, 0.717) is 6.54 Å². The van der Waals surface area contributed by atoms with Crippen molar-refractivity contribution in [3.8, 4) is 17.0 Å². The van der Waals surface area contributed by atoms with Crippen LogP contribution < -0.4 is 10.5 Å². The van der Waals surface area contributed by atoms with Crippen LogP contribution in [-0.2, 0) is 6.54 Å². The molecule has 0 saturated carbocycles. The largest absolute Gasteiger partial charge is 0.496 e. The molecular formula is C12H15N3O. The number of aromatic nitrogens is 2. The van der Waals surface area contributed by atoms with Gasteiger partial charge in [0, 0.05) is 12.1 Å². The lowest BCUT2D eigenvalue weighted by Crippen LogP contribution is -1.98. The van der Waals surface area contributed by atoms with Gasteiger partial charge in [0.1, 0.15) is 5.75 Å². The quantitative estimate of drug-likeness (QED) is 0.824. The molecule has 0 saturated heterocycles. The number of rotatable bonds is 3. The van der Waals surface area contributed by atoms with Crippen LogP contribution in [0.15, 0.2) is 24.5 Å². The van der Waals surface area contributed by atoms with E-state index >= 15 is 0 Å². The lowest BCUT2D eigenvalue weighted by molar-refractivity contribution is 0.412. The predicted molar refractivity (Wildman–Crippen MR) is 63.2 cm³/mol. The SMILES string of the molecule is COc1ccc(-c2nc[nH]c2CN)cc1C. The summed E-state index contributed by atoms with van der Waals surface area (Å²) in [6.07, 6.45) is 1.66. The van der Waals surface area contributed by atoms with Gasteiger partial charge in [0.25, 0.3) is 0 Å². The van der Waals surface area contributed by atoms with Gasteiger partial charge in [-0.05, 0) is 30.7 Å². The van der Waals surface area contributed by atoms with Crippen molar-refractivity contribution in [3.05, 3.63) is 35.8 Å². The Bertz CT molecular complexity index is 491. The molecule has 2 rings (SSSR count). The van der Waals surface area contributed by atoms with Crippen molar-refractivity contribution in [3.63, 3.8) is 0 Å². The molecule has 4 heteroatoms. The van der Waals surface area contributed by atoms with E-state index in [1.807, 2.05) is 25.1 Å². The molecule has 0 atom stereocenters. The minimum absolute atomic E-state index is 0.459. The standard InChI is InChI=1S/C12H15N3O/c1-8-5-9(3-4-11(8)16-2)12-10(6-13)14-7-15-12/h3-5,7H,6,13H2,1-2H3,(H,14,15). The van der Waals surface area contributed by atoms with Gasteiger partial charge in [0.2, 0.25) is 0 Å². The first-order chi connectivity index (χ1) is 7.76. The molecule has 0 bridgehead atoms. The Labute approximate surface area is 94.5 Å². The van der Waals surface area contributed by atoms with E-state index in [1.54, 1.807) is 13.4 Å². The highest BCUT2D eigenvalue weighted by molar-refractivity contribution is 5.64. The van der Waals surface area contributed by atoms with Crippen LogP contribution in [0.25, 0.3) is 11.3 Å². The first-order valence-electron chi connectivity index (χ1n) is 5.13. The van der Waals surface area contributed by atoms with Gasteiger partial charge in [-0.3, -0.25) is 0 Å². The minimum atomic E-state index is 0.459. The molecule has 1 heterocycles. The predicted octanol–water partition coefficient (Wildman–Crippen LogP) is 1.85. The maximum Gasteiger partial charge on any atom is 0.121 e. The summed E-state index contributed by atoms with van der Waals surface area (Å²) < 4.78 is 5.22. The van der Waals surface area contributed by atoms with Gasteiger partial charge in [-0.25, -0.2) is 4.98 Å². The molecule has 4 nitrogen and oxygen atoms in total. The fourth-order valence-electron chi connectivity index (χ4n) is 1.75. The highest BCUT2D eigenvalue weighted by Gasteiger charge is 2.08. The van der Waals surface area contributed by atoms with Gasteiger partial charge in [-0.2, -0.15) is 0 Å². The zero-order valence-corrected chi connectivity index (χ0v) is 9.45. The van der Waals surface area contributed by atoms with Crippen molar-refractivity contribution in [1.82, 2.24) is 9.97 Å². The van der Waals surface area contributed by atoms with Gasteiger partial charge in [0.05, 0.1) is 24.8 Å². The Morgan fingerprint density at radius 2 is 2.25 bits per heavy atom. The summed E-state index contributed by atoms with van der Waals surface area (Å²) in [5.41, 5.74) is 9.63. The highest BCUT2D eigenvalue weighted by atomic mass is 16.5. The summed E-state index contributed by atoms with van der Waals surface area (Å²) in [6, 6.07) is 5.98. The monoisotopic (exact) mass is 217 g/mol. The molecule has 16 heavy (non-hydrogen) atoms. The molecule has 0 radical (unpaired) electrons. The molecule has 1 aromatic heterocycles. The minimum Gasteiger partial charge on any atom is -0.496 e. The Morgan fingerprint density at radius 3 is 2.88 bits per heavy atom. The number of benzene rings is 1. The van der Waals surface area contributed by atoms with Gasteiger partial charge in [-0.1, -0.05) is 0 Å². The maximum atomic E-state index is 5.63. The van der Waals surface area contributed by atoms with E-state index in [1.165, 1.54) is 0 Å². The first kappa shape index (κ1) is 10.7. The van der Waals surface area contributed by atoms with Crippen molar-refractivity contribution < 1.29 is 4.74 Å². The number of nitrogens with one attached hydrogen (secondary N) is 1. The van der Waals surface area contributed by atoms with E-state index in [4.69, 9.17) is 10.5 Å². The second-order valence-corrected chi connectivity index (χ2v) is 3.62. The summed E-state index contributed by atoms with van der Waals surface area (Å²) in [5, 5.41) is 0. The van der Waals surface area contributed by atoms with Crippen LogP contribution in [0.1, 0.15) is 11.3 Å². The van der Waals surface area contributed by atoms with Crippen LogP contribution in [0, 0.1) is 6.92 Å². The summed E-state index contributed by atoms with van der Waals surface area (Å²) in [5.74, 6) is 0.883. The van der Waals surface area contributed by atoms with Crippen molar-refractivity contribution in [2.24, 2.45) is 5.73 Å². The number of H-pyrrole nitrogens is 1. The number of aromatic amines is 1. The van der Waals surface area contributed by atoms with Crippen molar-refractivity contribution in [1.29, 1.82) is 0 Å². The van der Waals surface area contributed by atoms with E-state index in [9.17, 15) is 0 Å². The molecular weight excluding hydrogens is 202 g/mol.